The van der Waals surface area contributed by atoms with Crippen molar-refractivity contribution in [2.45, 2.75) is 19.8 Å². The van der Waals surface area contributed by atoms with Gasteiger partial charge in [-0.1, -0.05) is 12.1 Å². The zero-order valence-corrected chi connectivity index (χ0v) is 15.0. The summed E-state index contributed by atoms with van der Waals surface area (Å²) in [5.74, 6) is 0.849. The summed E-state index contributed by atoms with van der Waals surface area (Å²) in [5.41, 5.74) is 3.38. The summed E-state index contributed by atoms with van der Waals surface area (Å²) >= 11 is 0. The number of fused-ring (bicyclic) bond motifs is 1. The van der Waals surface area contributed by atoms with Crippen LogP contribution in [-0.4, -0.2) is 26.1 Å². The molecule has 134 valence electrons. The number of anilines is 2. The fourth-order valence-electron chi connectivity index (χ4n) is 3.54. The minimum atomic E-state index is -0.232. The highest BCUT2D eigenvalue weighted by atomic mass is 16.5. The lowest BCUT2D eigenvalue weighted by Crippen LogP contribution is -2.21. The number of hydrogen-bond acceptors (Lipinski definition) is 4. The van der Waals surface area contributed by atoms with Gasteiger partial charge in [0.05, 0.1) is 18.5 Å². The summed E-state index contributed by atoms with van der Waals surface area (Å²) in [6.45, 7) is 3.94. The molecule has 1 aromatic heterocycles. The average Bonchev–Trinajstić information content (AvgIpc) is 3.30. The van der Waals surface area contributed by atoms with E-state index in [-0.39, 0.29) is 5.91 Å². The van der Waals surface area contributed by atoms with E-state index in [1.54, 1.807) is 7.11 Å². The Kier molecular flexibility index (Phi) is 4.29. The van der Waals surface area contributed by atoms with Crippen molar-refractivity contribution in [2.24, 2.45) is 0 Å². The first-order valence-corrected chi connectivity index (χ1v) is 8.90. The minimum Gasteiger partial charge on any atom is -0.497 e. The van der Waals surface area contributed by atoms with Crippen molar-refractivity contribution in [3.8, 4) is 5.75 Å². The molecule has 0 saturated carbocycles. The van der Waals surface area contributed by atoms with Crippen LogP contribution in [0.3, 0.4) is 0 Å². The molecule has 1 N–H and O–H groups in total. The largest absolute Gasteiger partial charge is 0.497 e. The highest BCUT2D eigenvalue weighted by Crippen LogP contribution is 2.32. The van der Waals surface area contributed by atoms with Gasteiger partial charge in [0.2, 0.25) is 0 Å². The first kappa shape index (κ1) is 16.5. The smallest absolute Gasteiger partial charge is 0.291 e. The fraction of sp³-hybridized carbons (Fsp3) is 0.286. The Morgan fingerprint density at radius 3 is 2.69 bits per heavy atom. The van der Waals surface area contributed by atoms with Crippen molar-refractivity contribution >= 4 is 28.3 Å². The Balaban J connectivity index is 1.65. The molecule has 0 radical (unpaired) electrons. The van der Waals surface area contributed by atoms with Gasteiger partial charge in [-0.25, -0.2) is 0 Å². The molecule has 2 heterocycles. The predicted molar refractivity (Wildman–Crippen MR) is 103 cm³/mol. The number of rotatable bonds is 4. The molecule has 0 atom stereocenters. The van der Waals surface area contributed by atoms with Crippen LogP contribution in [0.4, 0.5) is 11.4 Å². The van der Waals surface area contributed by atoms with E-state index in [1.807, 2.05) is 43.3 Å². The summed E-state index contributed by atoms with van der Waals surface area (Å²) in [5, 5.41) is 3.92. The van der Waals surface area contributed by atoms with Crippen molar-refractivity contribution in [2.75, 3.05) is 30.4 Å². The van der Waals surface area contributed by atoms with Crippen LogP contribution in [0.1, 0.15) is 29.0 Å². The summed E-state index contributed by atoms with van der Waals surface area (Å²) < 4.78 is 11.1. The van der Waals surface area contributed by atoms with Gasteiger partial charge < -0.3 is 19.4 Å². The van der Waals surface area contributed by atoms with Crippen LogP contribution in [-0.2, 0) is 0 Å². The zero-order chi connectivity index (χ0) is 18.1. The van der Waals surface area contributed by atoms with E-state index < -0.39 is 0 Å². The lowest BCUT2D eigenvalue weighted by Gasteiger charge is -2.21. The van der Waals surface area contributed by atoms with E-state index in [1.165, 1.54) is 12.8 Å². The summed E-state index contributed by atoms with van der Waals surface area (Å²) in [7, 11) is 1.62. The highest BCUT2D eigenvalue weighted by molar-refractivity contribution is 6.07. The number of amides is 1. The maximum Gasteiger partial charge on any atom is 0.291 e. The maximum atomic E-state index is 12.9. The van der Waals surface area contributed by atoms with E-state index in [0.29, 0.717) is 11.3 Å². The third-order valence-corrected chi connectivity index (χ3v) is 4.95. The van der Waals surface area contributed by atoms with Crippen molar-refractivity contribution in [3.63, 3.8) is 0 Å². The molecular weight excluding hydrogens is 328 g/mol. The van der Waals surface area contributed by atoms with E-state index in [4.69, 9.17) is 9.15 Å². The Labute approximate surface area is 152 Å². The summed E-state index contributed by atoms with van der Waals surface area (Å²) in [4.78, 5) is 15.2. The first-order valence-electron chi connectivity index (χ1n) is 8.90. The quantitative estimate of drug-likeness (QED) is 0.747. The van der Waals surface area contributed by atoms with Gasteiger partial charge in [0.25, 0.3) is 5.91 Å². The second-order valence-electron chi connectivity index (χ2n) is 6.58. The lowest BCUT2D eigenvalue weighted by molar-refractivity contribution is 0.0998. The van der Waals surface area contributed by atoms with Gasteiger partial charge in [-0.15, -0.1) is 0 Å². The van der Waals surface area contributed by atoms with Gasteiger partial charge in [0.15, 0.2) is 5.76 Å². The molecule has 0 aliphatic carbocycles. The Bertz CT molecular complexity index is 955. The Morgan fingerprint density at radius 2 is 1.92 bits per heavy atom. The molecule has 2 aromatic carbocycles. The second-order valence-corrected chi connectivity index (χ2v) is 6.58. The number of para-hydroxylation sites is 2. The molecule has 26 heavy (non-hydrogen) atoms. The van der Waals surface area contributed by atoms with E-state index in [9.17, 15) is 4.79 Å². The van der Waals surface area contributed by atoms with Crippen LogP contribution in [0, 0.1) is 6.92 Å². The topological polar surface area (TPSA) is 54.7 Å². The number of benzene rings is 2. The Morgan fingerprint density at radius 1 is 1.15 bits per heavy atom. The molecule has 4 rings (SSSR count). The van der Waals surface area contributed by atoms with E-state index in [2.05, 4.69) is 16.3 Å². The van der Waals surface area contributed by atoms with Crippen LogP contribution in [0.25, 0.3) is 11.0 Å². The summed E-state index contributed by atoms with van der Waals surface area (Å²) in [6, 6.07) is 13.5. The van der Waals surface area contributed by atoms with E-state index >= 15 is 0 Å². The normalized spacial score (nSPS) is 14.0. The summed E-state index contributed by atoms with van der Waals surface area (Å²) in [6.07, 6.45) is 2.37. The maximum absolute atomic E-state index is 12.9. The fourth-order valence-corrected chi connectivity index (χ4v) is 3.54. The molecule has 3 aromatic rings. The number of carbonyl (C=O) groups is 1. The molecule has 1 amide bonds. The average molecular weight is 350 g/mol. The standard InChI is InChI=1S/C21H22N2O3/c1-14-16-13-15(25-2)9-10-19(16)26-20(14)21(24)22-17-7-3-4-8-18(17)23-11-5-6-12-23/h3-4,7-10,13H,5-6,11-12H2,1-2H3,(H,22,24). The number of nitrogens with one attached hydrogen (secondary N) is 1. The molecule has 5 heteroatoms. The van der Waals surface area contributed by atoms with Gasteiger partial charge in [-0.3, -0.25) is 4.79 Å². The first-order chi connectivity index (χ1) is 12.7. The van der Waals surface area contributed by atoms with Gasteiger partial charge >= 0.3 is 0 Å². The van der Waals surface area contributed by atoms with Crippen molar-refractivity contribution < 1.29 is 13.9 Å². The zero-order valence-electron chi connectivity index (χ0n) is 15.0. The monoisotopic (exact) mass is 350 g/mol. The minimum absolute atomic E-state index is 0.232. The molecule has 0 bridgehead atoms. The van der Waals surface area contributed by atoms with Crippen molar-refractivity contribution in [1.82, 2.24) is 0 Å². The molecule has 1 saturated heterocycles. The third kappa shape index (κ3) is 2.90. The lowest BCUT2D eigenvalue weighted by atomic mass is 10.1. The van der Waals surface area contributed by atoms with Gasteiger partial charge in [-0.2, -0.15) is 0 Å². The number of methoxy groups -OCH3 is 1. The SMILES string of the molecule is COc1ccc2oc(C(=O)Nc3ccccc3N3CCCC3)c(C)c2c1. The second kappa shape index (κ2) is 6.75. The predicted octanol–water partition coefficient (Wildman–Crippen LogP) is 4.60. The van der Waals surface area contributed by atoms with Crippen molar-refractivity contribution in [1.29, 1.82) is 0 Å². The molecule has 0 unspecified atom stereocenters. The number of ether oxygens (including phenoxy) is 1. The number of carbonyl (C=O) groups excluding carboxylic acids is 1. The number of nitrogens with zero attached hydrogens (tertiary/aromatic N) is 1. The van der Waals surface area contributed by atoms with Gasteiger partial charge in [0, 0.05) is 24.0 Å². The van der Waals surface area contributed by atoms with E-state index in [0.717, 1.165) is 41.2 Å². The molecule has 1 aliphatic heterocycles. The van der Waals surface area contributed by atoms with Crippen LogP contribution >= 0.6 is 0 Å². The number of aryl methyl sites for hydroxylation is 1. The van der Waals surface area contributed by atoms with Gasteiger partial charge in [0.1, 0.15) is 11.3 Å². The molecule has 1 fully saturated rings. The highest BCUT2D eigenvalue weighted by Gasteiger charge is 2.21. The third-order valence-electron chi connectivity index (χ3n) is 4.95. The molecular formula is C21H22N2O3. The molecule has 1 aliphatic rings. The van der Waals surface area contributed by atoms with Crippen molar-refractivity contribution in [3.05, 3.63) is 53.8 Å². The Hall–Kier alpha value is -2.95. The number of furan rings is 1. The van der Waals surface area contributed by atoms with Crippen LogP contribution in [0.5, 0.6) is 5.75 Å². The van der Waals surface area contributed by atoms with Crippen LogP contribution in [0.15, 0.2) is 46.9 Å². The van der Waals surface area contributed by atoms with Crippen LogP contribution in [0.2, 0.25) is 0 Å². The van der Waals surface area contributed by atoms with Gasteiger partial charge in [-0.05, 0) is 50.1 Å². The van der Waals surface area contributed by atoms with Crippen LogP contribution < -0.4 is 15.0 Å². The molecule has 0 spiro atoms. The molecule has 5 nitrogen and oxygen atoms in total. The number of hydrogen-bond donors (Lipinski definition) is 1.